The van der Waals surface area contributed by atoms with E-state index >= 15 is 0 Å². The molecule has 2 aliphatic heterocycles. The van der Waals surface area contributed by atoms with Gasteiger partial charge < -0.3 is 15.4 Å². The second kappa shape index (κ2) is 9.47. The molecule has 3 aromatic rings. The van der Waals surface area contributed by atoms with Crippen LogP contribution in [0.15, 0.2) is 77.9 Å². The van der Waals surface area contributed by atoms with Crippen LogP contribution in [0.2, 0.25) is 0 Å². The summed E-state index contributed by atoms with van der Waals surface area (Å²) in [6.45, 7) is 2.81. The van der Waals surface area contributed by atoms with Gasteiger partial charge in [-0.3, -0.25) is 4.79 Å². The Hall–Kier alpha value is -3.76. The minimum atomic E-state index is -4.06. The molecule has 1 unspecified atom stereocenters. The number of amides is 1. The molecule has 0 saturated carbocycles. The lowest BCUT2D eigenvalue weighted by molar-refractivity contribution is -0.119. The SMILES string of the molecule is Nc1ccc(CN2C(=O)C(=Nc3ccc(N4CCOCC4)cc3)C(c3ccccc3)S2(=O)=O)cn1. The molecule has 0 spiro atoms. The molecule has 0 aliphatic carbocycles. The Morgan fingerprint density at radius 3 is 2.37 bits per heavy atom. The Labute approximate surface area is 203 Å². The molecule has 3 heterocycles. The van der Waals surface area contributed by atoms with E-state index in [0.29, 0.717) is 35.8 Å². The molecular weight excluding hydrogens is 466 g/mol. The van der Waals surface area contributed by atoms with Crippen LogP contribution in [-0.4, -0.2) is 55.6 Å². The lowest BCUT2D eigenvalue weighted by Gasteiger charge is -2.28. The highest BCUT2D eigenvalue weighted by molar-refractivity contribution is 7.91. The number of benzene rings is 2. The van der Waals surface area contributed by atoms with E-state index in [1.165, 1.54) is 6.20 Å². The summed E-state index contributed by atoms with van der Waals surface area (Å²) in [4.78, 5) is 24.2. The number of aliphatic imine (C=N–C) groups is 1. The fourth-order valence-electron chi connectivity index (χ4n) is 4.24. The third-order valence-electron chi connectivity index (χ3n) is 6.05. The van der Waals surface area contributed by atoms with Gasteiger partial charge >= 0.3 is 0 Å². The van der Waals surface area contributed by atoms with E-state index in [1.807, 2.05) is 12.1 Å². The summed E-state index contributed by atoms with van der Waals surface area (Å²) in [7, 11) is -4.06. The van der Waals surface area contributed by atoms with Gasteiger partial charge in [-0.1, -0.05) is 36.4 Å². The molecule has 1 amide bonds. The molecule has 35 heavy (non-hydrogen) atoms. The molecule has 9 nitrogen and oxygen atoms in total. The summed E-state index contributed by atoms with van der Waals surface area (Å²) in [5.74, 6) is -0.331. The van der Waals surface area contributed by atoms with E-state index in [1.54, 1.807) is 54.6 Å². The predicted molar refractivity (Wildman–Crippen MR) is 134 cm³/mol. The number of hydrogen-bond donors (Lipinski definition) is 1. The molecule has 0 radical (unpaired) electrons. The van der Waals surface area contributed by atoms with Crippen molar-refractivity contribution in [2.45, 2.75) is 11.8 Å². The summed E-state index contributed by atoms with van der Waals surface area (Å²) in [6, 6.07) is 19.4. The number of nitrogens with two attached hydrogens (primary N) is 1. The number of pyridine rings is 1. The summed E-state index contributed by atoms with van der Waals surface area (Å²) in [6.07, 6.45) is 1.47. The number of morpholine rings is 1. The summed E-state index contributed by atoms with van der Waals surface area (Å²) >= 11 is 0. The third kappa shape index (κ3) is 4.62. The van der Waals surface area contributed by atoms with Crippen molar-refractivity contribution in [1.29, 1.82) is 0 Å². The lowest BCUT2D eigenvalue weighted by atomic mass is 10.1. The molecular formula is C25H25N5O4S. The summed E-state index contributed by atoms with van der Waals surface area (Å²) in [5.41, 5.74) is 8.19. The first kappa shape index (κ1) is 23.0. The molecule has 5 rings (SSSR count). The van der Waals surface area contributed by atoms with Crippen LogP contribution in [0.1, 0.15) is 16.4 Å². The predicted octanol–water partition coefficient (Wildman–Crippen LogP) is 2.69. The molecule has 2 aliphatic rings. The van der Waals surface area contributed by atoms with Crippen LogP contribution < -0.4 is 10.6 Å². The van der Waals surface area contributed by atoms with Crippen molar-refractivity contribution in [2.24, 2.45) is 4.99 Å². The average molecular weight is 492 g/mol. The maximum absolute atomic E-state index is 13.6. The largest absolute Gasteiger partial charge is 0.384 e. The van der Waals surface area contributed by atoms with Gasteiger partial charge in [0.2, 0.25) is 0 Å². The molecule has 10 heteroatoms. The maximum atomic E-state index is 13.6. The molecule has 2 saturated heterocycles. The number of ether oxygens (including phenoxy) is 1. The van der Waals surface area contributed by atoms with Crippen molar-refractivity contribution in [2.75, 3.05) is 36.9 Å². The number of carbonyl (C=O) groups excluding carboxylic acids is 1. The smallest absolute Gasteiger partial charge is 0.283 e. The van der Waals surface area contributed by atoms with Crippen LogP contribution in [0.3, 0.4) is 0 Å². The van der Waals surface area contributed by atoms with Gasteiger partial charge in [0.1, 0.15) is 11.5 Å². The average Bonchev–Trinajstić information content (AvgIpc) is 3.06. The lowest BCUT2D eigenvalue weighted by Crippen LogP contribution is -2.36. The molecule has 2 fully saturated rings. The molecule has 2 aromatic carbocycles. The van der Waals surface area contributed by atoms with Gasteiger partial charge in [-0.25, -0.2) is 22.7 Å². The number of rotatable bonds is 5. The van der Waals surface area contributed by atoms with E-state index in [-0.39, 0.29) is 12.3 Å². The minimum Gasteiger partial charge on any atom is -0.384 e. The number of aromatic nitrogens is 1. The number of hydrogen-bond acceptors (Lipinski definition) is 8. The monoisotopic (exact) mass is 491 g/mol. The molecule has 0 bridgehead atoms. The van der Waals surface area contributed by atoms with Gasteiger partial charge in [0.25, 0.3) is 15.9 Å². The topological polar surface area (TPSA) is 118 Å². The van der Waals surface area contributed by atoms with Crippen LogP contribution in [0.25, 0.3) is 0 Å². The number of nitrogens with zero attached hydrogens (tertiary/aromatic N) is 4. The molecule has 180 valence electrons. The number of carbonyl (C=O) groups is 1. The fourth-order valence-corrected chi connectivity index (χ4v) is 6.09. The Balaban J connectivity index is 1.51. The van der Waals surface area contributed by atoms with Crippen molar-refractivity contribution in [3.63, 3.8) is 0 Å². The van der Waals surface area contributed by atoms with Crippen LogP contribution in [-0.2, 0) is 26.1 Å². The molecule has 1 aromatic heterocycles. The van der Waals surface area contributed by atoms with E-state index in [4.69, 9.17) is 10.5 Å². The van der Waals surface area contributed by atoms with E-state index in [9.17, 15) is 13.2 Å². The van der Waals surface area contributed by atoms with E-state index in [0.717, 1.165) is 23.1 Å². The zero-order valence-corrected chi connectivity index (χ0v) is 19.8. The Morgan fingerprint density at radius 1 is 1.00 bits per heavy atom. The van der Waals surface area contributed by atoms with Crippen molar-refractivity contribution in [3.8, 4) is 0 Å². The van der Waals surface area contributed by atoms with Gasteiger partial charge in [-0.15, -0.1) is 0 Å². The van der Waals surface area contributed by atoms with Crippen LogP contribution in [0.4, 0.5) is 17.2 Å². The van der Waals surface area contributed by atoms with Gasteiger partial charge in [-0.2, -0.15) is 0 Å². The quantitative estimate of drug-likeness (QED) is 0.583. The highest BCUT2D eigenvalue weighted by Crippen LogP contribution is 2.37. The van der Waals surface area contributed by atoms with E-state index < -0.39 is 21.2 Å². The van der Waals surface area contributed by atoms with Crippen molar-refractivity contribution in [3.05, 3.63) is 84.1 Å². The van der Waals surface area contributed by atoms with Crippen molar-refractivity contribution in [1.82, 2.24) is 9.29 Å². The standard InChI is InChI=1S/C25H25N5O4S/c26-22-11-6-18(16-27-22)17-30-25(31)23(24(35(30,32)33)19-4-2-1-3-5-19)28-20-7-9-21(10-8-20)29-12-14-34-15-13-29/h1-11,16,24H,12-15,17H2,(H2,26,27). The zero-order chi connectivity index (χ0) is 24.4. The second-order valence-corrected chi connectivity index (χ2v) is 10.3. The van der Waals surface area contributed by atoms with Gasteiger partial charge in [0.15, 0.2) is 5.25 Å². The van der Waals surface area contributed by atoms with Crippen LogP contribution in [0, 0.1) is 0 Å². The first-order valence-corrected chi connectivity index (χ1v) is 12.8. The van der Waals surface area contributed by atoms with Crippen LogP contribution in [0.5, 0.6) is 0 Å². The molecule has 2 N–H and O–H groups in total. The molecule has 1 atom stereocenters. The number of nitrogen functional groups attached to an aromatic ring is 1. The Kier molecular flexibility index (Phi) is 6.23. The number of anilines is 2. The Bertz CT molecular complexity index is 1340. The summed E-state index contributed by atoms with van der Waals surface area (Å²) < 4.78 is 33.5. The normalized spacial score (nSPS) is 21.0. The zero-order valence-electron chi connectivity index (χ0n) is 18.9. The van der Waals surface area contributed by atoms with Gasteiger partial charge in [0.05, 0.1) is 25.4 Å². The summed E-state index contributed by atoms with van der Waals surface area (Å²) in [5, 5.41) is -1.20. The van der Waals surface area contributed by atoms with Gasteiger partial charge in [-0.05, 0) is 41.5 Å². The van der Waals surface area contributed by atoms with Gasteiger partial charge in [0, 0.05) is 25.0 Å². The first-order valence-electron chi connectivity index (χ1n) is 11.3. The van der Waals surface area contributed by atoms with E-state index in [2.05, 4.69) is 14.9 Å². The highest BCUT2D eigenvalue weighted by Gasteiger charge is 2.50. The maximum Gasteiger partial charge on any atom is 0.283 e. The first-order chi connectivity index (χ1) is 16.9. The Morgan fingerprint density at radius 2 is 1.71 bits per heavy atom. The van der Waals surface area contributed by atoms with Crippen LogP contribution >= 0.6 is 0 Å². The highest BCUT2D eigenvalue weighted by atomic mass is 32.2. The number of sulfonamides is 1. The van der Waals surface area contributed by atoms with Crippen molar-refractivity contribution < 1.29 is 17.9 Å². The second-order valence-electron chi connectivity index (χ2n) is 8.35. The fraction of sp³-hybridized carbons (Fsp3) is 0.240. The minimum absolute atomic E-state index is 0.0290. The third-order valence-corrected chi connectivity index (χ3v) is 8.05. The van der Waals surface area contributed by atoms with Crippen molar-refractivity contribution >= 4 is 38.8 Å².